The lowest BCUT2D eigenvalue weighted by atomic mass is 10.1. The quantitative estimate of drug-likeness (QED) is 0.417. The summed E-state index contributed by atoms with van der Waals surface area (Å²) in [5.74, 6) is 1.49. The van der Waals surface area contributed by atoms with Gasteiger partial charge in [0.25, 0.3) is 10.1 Å². The molecule has 0 radical (unpaired) electrons. The molecule has 12 nitrogen and oxygen atoms in total. The third-order valence-corrected chi connectivity index (χ3v) is 7.17. The maximum atomic E-state index is 11.8. The van der Waals surface area contributed by atoms with E-state index in [0.717, 1.165) is 5.56 Å². The van der Waals surface area contributed by atoms with Crippen molar-refractivity contribution in [2.24, 2.45) is 4.99 Å². The average Bonchev–Trinajstić information content (AvgIpc) is 3.31. The van der Waals surface area contributed by atoms with Crippen molar-refractivity contribution in [3.63, 3.8) is 0 Å². The normalized spacial score (nSPS) is 17.3. The number of pyridine rings is 1. The summed E-state index contributed by atoms with van der Waals surface area (Å²) in [6, 6.07) is 7.17. The molecule has 1 aromatic carbocycles. The van der Waals surface area contributed by atoms with Gasteiger partial charge in [-0.05, 0) is 50.1 Å². The van der Waals surface area contributed by atoms with Gasteiger partial charge < -0.3 is 14.6 Å². The highest BCUT2D eigenvalue weighted by Crippen LogP contribution is 2.39. The number of para-hydroxylation sites is 1. The Hall–Kier alpha value is -3.81. The minimum atomic E-state index is -4.56. The Morgan fingerprint density at radius 3 is 2.35 bits per heavy atom. The van der Waals surface area contributed by atoms with Crippen molar-refractivity contribution in [3.8, 4) is 28.6 Å². The Morgan fingerprint density at radius 1 is 1.08 bits per heavy atom. The first kappa shape index (κ1) is 26.3. The molecule has 1 aliphatic heterocycles. The third-order valence-electron chi connectivity index (χ3n) is 5.95. The van der Waals surface area contributed by atoms with Crippen LogP contribution in [0.25, 0.3) is 17.1 Å². The van der Waals surface area contributed by atoms with E-state index in [1.54, 1.807) is 48.3 Å². The Morgan fingerprint density at radius 2 is 1.76 bits per heavy atom. The predicted molar refractivity (Wildman–Crippen MR) is 138 cm³/mol. The summed E-state index contributed by atoms with van der Waals surface area (Å²) in [6.07, 6.45) is 3.78. The number of aliphatic hydroxyl groups is 1. The lowest BCUT2D eigenvalue weighted by Gasteiger charge is -2.34. The summed E-state index contributed by atoms with van der Waals surface area (Å²) in [5, 5.41) is 18.3. The van der Waals surface area contributed by atoms with E-state index in [2.05, 4.69) is 20.2 Å². The Labute approximate surface area is 214 Å². The number of nitrogens with zero attached hydrogens (tertiary/aromatic N) is 6. The van der Waals surface area contributed by atoms with E-state index in [1.165, 1.54) is 32.3 Å². The fourth-order valence-corrected chi connectivity index (χ4v) is 4.50. The van der Waals surface area contributed by atoms with Gasteiger partial charge in [-0.3, -0.25) is 24.0 Å². The molecule has 3 heterocycles. The number of aliphatic imine (C=N–C) groups is 1. The summed E-state index contributed by atoms with van der Waals surface area (Å²) in [6.45, 7) is 4.90. The number of aryl methyl sites for hydroxylation is 1. The maximum Gasteiger partial charge on any atom is 0.270 e. The second-order valence-corrected chi connectivity index (χ2v) is 10.4. The van der Waals surface area contributed by atoms with Gasteiger partial charge in [0.1, 0.15) is 28.5 Å². The molecule has 3 atom stereocenters. The van der Waals surface area contributed by atoms with Crippen molar-refractivity contribution in [3.05, 3.63) is 54.0 Å². The molecule has 0 saturated carbocycles. The van der Waals surface area contributed by atoms with Crippen LogP contribution >= 0.6 is 0 Å². The molecule has 196 valence electrons. The molecular formula is C24H28N6O6S. The van der Waals surface area contributed by atoms with Crippen LogP contribution in [-0.2, 0) is 10.1 Å². The van der Waals surface area contributed by atoms with Crippen molar-refractivity contribution in [1.29, 1.82) is 0 Å². The number of hydrogen-bond donors (Lipinski definition) is 2. The number of hydrogen-bond acceptors (Lipinski definition) is 10. The second-order valence-electron chi connectivity index (χ2n) is 8.60. The zero-order valence-electron chi connectivity index (χ0n) is 21.0. The highest BCUT2D eigenvalue weighted by molar-refractivity contribution is 7.86. The number of ether oxygens (including phenoxy) is 2. The minimum absolute atomic E-state index is 0.196. The van der Waals surface area contributed by atoms with Gasteiger partial charge >= 0.3 is 0 Å². The van der Waals surface area contributed by atoms with E-state index in [9.17, 15) is 18.1 Å². The monoisotopic (exact) mass is 528 g/mol. The Kier molecular flexibility index (Phi) is 7.30. The third kappa shape index (κ3) is 5.05. The zero-order chi connectivity index (χ0) is 26.9. The first-order valence-electron chi connectivity index (χ1n) is 11.3. The summed E-state index contributed by atoms with van der Waals surface area (Å²) in [5.41, 5.74) is 2.73. The van der Waals surface area contributed by atoms with Crippen LogP contribution < -0.4 is 14.4 Å². The zero-order valence-corrected chi connectivity index (χ0v) is 21.8. The van der Waals surface area contributed by atoms with Crippen LogP contribution in [0, 0.1) is 6.92 Å². The molecule has 13 heteroatoms. The molecule has 3 aromatic rings. The highest BCUT2D eigenvalue weighted by Gasteiger charge is 2.39. The fraction of sp³-hybridized carbons (Fsp3) is 0.333. The minimum Gasteiger partial charge on any atom is -0.494 e. The van der Waals surface area contributed by atoms with Crippen molar-refractivity contribution in [2.75, 3.05) is 19.1 Å². The van der Waals surface area contributed by atoms with E-state index in [1.807, 2.05) is 13.0 Å². The van der Waals surface area contributed by atoms with E-state index in [0.29, 0.717) is 34.1 Å². The largest absolute Gasteiger partial charge is 0.494 e. The number of methoxy groups -OCH3 is 2. The van der Waals surface area contributed by atoms with Crippen LogP contribution in [-0.4, -0.2) is 75.8 Å². The summed E-state index contributed by atoms with van der Waals surface area (Å²) >= 11 is 0. The predicted octanol–water partition coefficient (Wildman–Crippen LogP) is 2.41. The van der Waals surface area contributed by atoms with E-state index >= 15 is 0 Å². The maximum absolute atomic E-state index is 11.8. The van der Waals surface area contributed by atoms with Gasteiger partial charge in [-0.25, -0.2) is 0 Å². The van der Waals surface area contributed by atoms with Gasteiger partial charge in [-0.2, -0.15) is 8.42 Å². The number of allylic oxidation sites excluding steroid dienone is 1. The molecule has 0 bridgehead atoms. The smallest absolute Gasteiger partial charge is 0.270 e. The van der Waals surface area contributed by atoms with E-state index in [-0.39, 0.29) is 5.95 Å². The van der Waals surface area contributed by atoms with Crippen molar-refractivity contribution < 1.29 is 27.6 Å². The lowest BCUT2D eigenvalue weighted by Crippen LogP contribution is -2.49. The molecule has 0 fully saturated rings. The molecule has 1 unspecified atom stereocenters. The molecule has 0 aliphatic carbocycles. The Bertz CT molecular complexity index is 1450. The van der Waals surface area contributed by atoms with Crippen LogP contribution in [0.15, 0.2) is 53.4 Å². The van der Waals surface area contributed by atoms with Crippen LogP contribution in [0.2, 0.25) is 0 Å². The lowest BCUT2D eigenvalue weighted by molar-refractivity contribution is 0.141. The van der Waals surface area contributed by atoms with Gasteiger partial charge in [0.15, 0.2) is 12.0 Å². The highest BCUT2D eigenvalue weighted by atomic mass is 32.2. The summed E-state index contributed by atoms with van der Waals surface area (Å²) in [7, 11) is -1.52. The first-order chi connectivity index (χ1) is 17.6. The number of rotatable bonds is 8. The topological polar surface area (TPSA) is 152 Å². The van der Waals surface area contributed by atoms with Gasteiger partial charge in [0.2, 0.25) is 5.95 Å². The van der Waals surface area contributed by atoms with Crippen LogP contribution in [0.4, 0.5) is 5.95 Å². The summed E-state index contributed by atoms with van der Waals surface area (Å²) in [4.78, 5) is 10.2. The van der Waals surface area contributed by atoms with Crippen molar-refractivity contribution >= 4 is 22.3 Å². The van der Waals surface area contributed by atoms with Crippen molar-refractivity contribution in [2.45, 2.75) is 38.3 Å². The fourth-order valence-electron chi connectivity index (χ4n) is 4.01. The SMILES string of the molecule is COc1cccc(OC)c1-n1c(-c2cncc(C)c2)nnc1N1C=C(C)C=NC1[C@@H](O)[C@H](C)S(=O)(=O)O. The van der Waals surface area contributed by atoms with Crippen LogP contribution in [0.3, 0.4) is 0 Å². The average molecular weight is 529 g/mol. The number of benzene rings is 1. The summed E-state index contributed by atoms with van der Waals surface area (Å²) < 4.78 is 46.2. The molecule has 0 spiro atoms. The standard InChI is InChI=1S/C24H28N6O6S/c1-14-9-17(12-25-10-14)22-27-28-24(30(22)20-18(35-4)7-6-8-19(20)36-5)29-13-15(2)11-26-23(29)21(31)16(3)37(32,33)34/h6-13,16,21,23,31H,1-5H3,(H,32,33,34)/t16-,21-,23?/m0/s1. The molecule has 1 aliphatic rings. The molecule has 4 rings (SSSR count). The van der Waals surface area contributed by atoms with E-state index < -0.39 is 27.6 Å². The van der Waals surface area contributed by atoms with Crippen LogP contribution in [0.1, 0.15) is 19.4 Å². The van der Waals surface area contributed by atoms with E-state index in [4.69, 9.17) is 9.47 Å². The molecule has 37 heavy (non-hydrogen) atoms. The number of aromatic nitrogens is 4. The van der Waals surface area contributed by atoms with Gasteiger partial charge in [-0.15, -0.1) is 10.2 Å². The molecule has 2 N–H and O–H groups in total. The number of anilines is 1. The van der Waals surface area contributed by atoms with Gasteiger partial charge in [0.05, 0.1) is 14.2 Å². The molecule has 0 amide bonds. The molecular weight excluding hydrogens is 500 g/mol. The molecule has 2 aromatic heterocycles. The second kappa shape index (κ2) is 10.3. The Balaban J connectivity index is 2.00. The molecule has 0 saturated heterocycles. The number of aliphatic hydroxyl groups excluding tert-OH is 1. The van der Waals surface area contributed by atoms with Gasteiger partial charge in [-0.1, -0.05) is 6.07 Å². The van der Waals surface area contributed by atoms with Gasteiger partial charge in [0, 0.05) is 30.4 Å². The first-order valence-corrected chi connectivity index (χ1v) is 12.8. The van der Waals surface area contributed by atoms with Crippen molar-refractivity contribution in [1.82, 2.24) is 19.7 Å². The van der Waals surface area contributed by atoms with Crippen LogP contribution in [0.5, 0.6) is 11.5 Å².